The van der Waals surface area contributed by atoms with E-state index < -0.39 is 5.97 Å². The Hall–Kier alpha value is -1.95. The molecule has 0 unspecified atom stereocenters. The summed E-state index contributed by atoms with van der Waals surface area (Å²) in [5.41, 5.74) is 0.993. The van der Waals surface area contributed by atoms with E-state index in [1.165, 1.54) is 0 Å². The number of hydrogen-bond acceptors (Lipinski definition) is 3. The summed E-state index contributed by atoms with van der Waals surface area (Å²) in [5.74, 6) is 0.383. The standard InChI is InChI=1S/C12H11N3O2S/c16-11(17)8-2-1-3-9(6-8)15-10(7-4-5-7)13-14-12(15)18/h1-3,6-7H,4-5H2,(H,14,18)(H,16,17). The molecule has 1 aliphatic carbocycles. The predicted molar refractivity (Wildman–Crippen MR) is 67.7 cm³/mol. The van der Waals surface area contributed by atoms with Gasteiger partial charge in [-0.1, -0.05) is 6.07 Å². The Morgan fingerprint density at radius 1 is 1.50 bits per heavy atom. The number of aromatic nitrogens is 3. The van der Waals surface area contributed by atoms with Crippen LogP contribution in [0.3, 0.4) is 0 Å². The van der Waals surface area contributed by atoms with Crippen LogP contribution in [0.1, 0.15) is 34.9 Å². The summed E-state index contributed by atoms with van der Waals surface area (Å²) in [6, 6.07) is 6.72. The third kappa shape index (κ3) is 1.84. The number of hydrogen-bond donors (Lipinski definition) is 2. The summed E-state index contributed by atoms with van der Waals surface area (Å²) in [6.07, 6.45) is 2.22. The van der Waals surface area contributed by atoms with Crippen LogP contribution >= 0.6 is 12.2 Å². The second-order valence-corrected chi connectivity index (χ2v) is 4.74. The first-order valence-corrected chi connectivity index (χ1v) is 6.08. The third-order valence-electron chi connectivity index (χ3n) is 2.99. The molecular weight excluding hydrogens is 250 g/mol. The second-order valence-electron chi connectivity index (χ2n) is 4.35. The molecule has 1 aromatic heterocycles. The van der Waals surface area contributed by atoms with E-state index in [1.807, 2.05) is 10.6 Å². The van der Waals surface area contributed by atoms with E-state index in [2.05, 4.69) is 10.2 Å². The smallest absolute Gasteiger partial charge is 0.335 e. The highest BCUT2D eigenvalue weighted by Crippen LogP contribution is 2.39. The number of aromatic carboxylic acids is 1. The number of H-pyrrole nitrogens is 1. The zero-order chi connectivity index (χ0) is 12.7. The molecule has 0 radical (unpaired) electrons. The highest BCUT2D eigenvalue weighted by Gasteiger charge is 2.29. The zero-order valence-electron chi connectivity index (χ0n) is 9.46. The van der Waals surface area contributed by atoms with E-state index in [0.717, 1.165) is 24.4 Å². The number of carboxylic acids is 1. The summed E-state index contributed by atoms with van der Waals surface area (Å²) in [5, 5.41) is 16.0. The number of carbonyl (C=O) groups is 1. The quantitative estimate of drug-likeness (QED) is 0.833. The van der Waals surface area contributed by atoms with Crippen LogP contribution in [0.2, 0.25) is 0 Å². The van der Waals surface area contributed by atoms with E-state index in [0.29, 0.717) is 10.7 Å². The SMILES string of the molecule is O=C(O)c1cccc(-n2c(C3CC3)n[nH]c2=S)c1. The van der Waals surface area contributed by atoms with Crippen molar-refractivity contribution >= 4 is 18.2 Å². The number of benzene rings is 1. The van der Waals surface area contributed by atoms with Gasteiger partial charge in [-0.2, -0.15) is 5.10 Å². The maximum Gasteiger partial charge on any atom is 0.335 e. The molecule has 3 rings (SSSR count). The monoisotopic (exact) mass is 261 g/mol. The van der Waals surface area contributed by atoms with Crippen LogP contribution in [-0.2, 0) is 0 Å². The van der Waals surface area contributed by atoms with Crippen molar-refractivity contribution in [3.8, 4) is 5.69 Å². The van der Waals surface area contributed by atoms with Crippen LogP contribution in [0, 0.1) is 4.77 Å². The van der Waals surface area contributed by atoms with Gasteiger partial charge in [0.25, 0.3) is 0 Å². The van der Waals surface area contributed by atoms with Gasteiger partial charge in [-0.05, 0) is 43.3 Å². The van der Waals surface area contributed by atoms with Crippen molar-refractivity contribution in [2.24, 2.45) is 0 Å². The lowest BCUT2D eigenvalue weighted by atomic mass is 10.2. The number of aromatic amines is 1. The average Bonchev–Trinajstić information content (AvgIpc) is 3.13. The van der Waals surface area contributed by atoms with E-state index in [1.54, 1.807) is 18.2 Å². The molecular formula is C12H11N3O2S. The molecule has 18 heavy (non-hydrogen) atoms. The molecule has 6 heteroatoms. The molecule has 0 saturated heterocycles. The summed E-state index contributed by atoms with van der Waals surface area (Å²) < 4.78 is 2.32. The first-order valence-electron chi connectivity index (χ1n) is 5.68. The fourth-order valence-electron chi connectivity index (χ4n) is 1.95. The van der Waals surface area contributed by atoms with Crippen LogP contribution in [0.4, 0.5) is 0 Å². The Bertz CT molecular complexity index is 670. The molecule has 2 N–H and O–H groups in total. The minimum absolute atomic E-state index is 0.248. The van der Waals surface area contributed by atoms with E-state index in [-0.39, 0.29) is 5.56 Å². The summed E-state index contributed by atoms with van der Waals surface area (Å²) in [6.45, 7) is 0. The molecule has 0 bridgehead atoms. The number of rotatable bonds is 3. The number of carboxylic acid groups (broad SMARTS) is 1. The van der Waals surface area contributed by atoms with Gasteiger partial charge in [-0.3, -0.25) is 9.67 Å². The lowest BCUT2D eigenvalue weighted by molar-refractivity contribution is 0.0697. The summed E-state index contributed by atoms with van der Waals surface area (Å²) in [4.78, 5) is 11.0. The van der Waals surface area contributed by atoms with E-state index in [9.17, 15) is 4.79 Å². The van der Waals surface area contributed by atoms with Gasteiger partial charge in [0.2, 0.25) is 0 Å². The molecule has 1 heterocycles. The Morgan fingerprint density at radius 3 is 2.94 bits per heavy atom. The van der Waals surface area contributed by atoms with Crippen LogP contribution in [0.25, 0.3) is 5.69 Å². The third-order valence-corrected chi connectivity index (χ3v) is 3.27. The fraction of sp³-hybridized carbons (Fsp3) is 0.250. The van der Waals surface area contributed by atoms with Gasteiger partial charge in [0.05, 0.1) is 11.3 Å². The van der Waals surface area contributed by atoms with Gasteiger partial charge < -0.3 is 5.11 Å². The van der Waals surface area contributed by atoms with Crippen LogP contribution < -0.4 is 0 Å². The van der Waals surface area contributed by atoms with Crippen molar-refractivity contribution in [1.82, 2.24) is 14.8 Å². The molecule has 2 aromatic rings. The van der Waals surface area contributed by atoms with Crippen LogP contribution in [0.15, 0.2) is 24.3 Å². The van der Waals surface area contributed by atoms with Crippen molar-refractivity contribution in [1.29, 1.82) is 0 Å². The van der Waals surface area contributed by atoms with Gasteiger partial charge in [0, 0.05) is 5.92 Å². The second kappa shape index (κ2) is 4.06. The molecule has 92 valence electrons. The summed E-state index contributed by atoms with van der Waals surface area (Å²) in [7, 11) is 0. The van der Waals surface area contributed by atoms with Crippen molar-refractivity contribution in [3.05, 3.63) is 40.4 Å². The first kappa shape index (κ1) is 11.2. The van der Waals surface area contributed by atoms with Crippen LogP contribution in [-0.4, -0.2) is 25.8 Å². The van der Waals surface area contributed by atoms with Gasteiger partial charge in [0.1, 0.15) is 5.82 Å². The predicted octanol–water partition coefficient (Wildman–Crippen LogP) is 2.51. The van der Waals surface area contributed by atoms with Gasteiger partial charge >= 0.3 is 5.97 Å². The summed E-state index contributed by atoms with van der Waals surface area (Å²) >= 11 is 5.21. The molecule has 1 aromatic carbocycles. The molecule has 0 aliphatic heterocycles. The van der Waals surface area contributed by atoms with Crippen molar-refractivity contribution < 1.29 is 9.90 Å². The first-order chi connectivity index (χ1) is 8.66. The van der Waals surface area contributed by atoms with Gasteiger partial charge in [-0.25, -0.2) is 4.79 Å². The Kier molecular flexibility index (Phi) is 2.52. The molecule has 0 atom stereocenters. The minimum atomic E-state index is -0.945. The van der Waals surface area contributed by atoms with E-state index in [4.69, 9.17) is 17.3 Å². The Labute approximate surface area is 108 Å². The van der Waals surface area contributed by atoms with Crippen molar-refractivity contribution in [3.63, 3.8) is 0 Å². The highest BCUT2D eigenvalue weighted by atomic mass is 32.1. The Balaban J connectivity index is 2.14. The molecule has 5 nitrogen and oxygen atoms in total. The van der Waals surface area contributed by atoms with Gasteiger partial charge in [-0.15, -0.1) is 0 Å². The maximum atomic E-state index is 11.0. The zero-order valence-corrected chi connectivity index (χ0v) is 10.3. The maximum absolute atomic E-state index is 11.0. The van der Waals surface area contributed by atoms with Gasteiger partial charge in [0.15, 0.2) is 4.77 Å². The lowest BCUT2D eigenvalue weighted by Crippen LogP contribution is -2.03. The number of nitrogens with one attached hydrogen (secondary N) is 1. The molecule has 1 aliphatic rings. The largest absolute Gasteiger partial charge is 0.478 e. The molecule has 1 fully saturated rings. The average molecular weight is 261 g/mol. The van der Waals surface area contributed by atoms with Crippen molar-refractivity contribution in [2.75, 3.05) is 0 Å². The highest BCUT2D eigenvalue weighted by molar-refractivity contribution is 7.71. The number of nitrogens with zero attached hydrogens (tertiary/aromatic N) is 2. The van der Waals surface area contributed by atoms with E-state index >= 15 is 0 Å². The molecule has 0 spiro atoms. The lowest BCUT2D eigenvalue weighted by Gasteiger charge is -2.06. The fourth-order valence-corrected chi connectivity index (χ4v) is 2.20. The van der Waals surface area contributed by atoms with Crippen molar-refractivity contribution in [2.45, 2.75) is 18.8 Å². The molecule has 0 amide bonds. The normalized spacial score (nSPS) is 14.7. The minimum Gasteiger partial charge on any atom is -0.478 e. The topological polar surface area (TPSA) is 70.9 Å². The molecule has 1 saturated carbocycles. The Morgan fingerprint density at radius 2 is 2.28 bits per heavy atom. The van der Waals surface area contributed by atoms with Crippen LogP contribution in [0.5, 0.6) is 0 Å².